The van der Waals surface area contributed by atoms with E-state index in [1.807, 2.05) is 30.3 Å². The summed E-state index contributed by atoms with van der Waals surface area (Å²) in [5.74, 6) is -0.563. The van der Waals surface area contributed by atoms with Crippen LogP contribution in [-0.4, -0.2) is 29.2 Å². The molecule has 5 nitrogen and oxygen atoms in total. The van der Waals surface area contributed by atoms with Crippen molar-refractivity contribution >= 4 is 23.2 Å². The molecule has 2 aromatic carbocycles. The van der Waals surface area contributed by atoms with Crippen LogP contribution in [0.15, 0.2) is 53.5 Å². The van der Waals surface area contributed by atoms with Gasteiger partial charge in [-0.05, 0) is 23.8 Å². The Morgan fingerprint density at radius 2 is 1.83 bits per heavy atom. The largest absolute Gasteiger partial charge is 0.481 e. The number of nitrogens with zero attached hydrogens (tertiary/aromatic N) is 1. The lowest BCUT2D eigenvalue weighted by atomic mass is 10.0. The molecule has 0 amide bonds. The summed E-state index contributed by atoms with van der Waals surface area (Å²) in [6.07, 6.45) is 0.545. The number of aliphatic imine (C=N–C) groups is 1. The van der Waals surface area contributed by atoms with Crippen LogP contribution in [0, 0.1) is 0 Å². The van der Waals surface area contributed by atoms with Gasteiger partial charge in [-0.15, -0.1) is 0 Å². The molecule has 0 fully saturated rings. The number of fused-ring (bicyclic) bond motifs is 1. The molecule has 3 rings (SSSR count). The number of aliphatic carboxylic acids is 1. The summed E-state index contributed by atoms with van der Waals surface area (Å²) in [4.78, 5) is 27.5. The van der Waals surface area contributed by atoms with E-state index in [1.54, 1.807) is 18.2 Å². The van der Waals surface area contributed by atoms with E-state index in [9.17, 15) is 9.59 Å². The molecule has 0 bridgehead atoms. The number of ether oxygens (including phenoxy) is 1. The highest BCUT2D eigenvalue weighted by molar-refractivity contribution is 6.14. The summed E-state index contributed by atoms with van der Waals surface area (Å²) < 4.78 is 5.32. The highest BCUT2D eigenvalue weighted by Crippen LogP contribution is 2.28. The average Bonchev–Trinajstić information content (AvgIpc) is 2.71. The van der Waals surface area contributed by atoms with Gasteiger partial charge in [0.15, 0.2) is 6.61 Å². The van der Waals surface area contributed by atoms with Crippen LogP contribution < -0.4 is 4.74 Å². The minimum atomic E-state index is -1.05. The number of Topliss-reactive ketones (excluding diaryl/α,β-unsaturated/α-hetero) is 1. The summed E-state index contributed by atoms with van der Waals surface area (Å²) in [7, 11) is 0. The number of hydrogen-bond donors (Lipinski definition) is 1. The molecular weight excluding hydrogens is 294 g/mol. The van der Waals surface area contributed by atoms with E-state index >= 15 is 0 Å². The number of carbonyl (C=O) groups is 2. The molecule has 5 heteroatoms. The number of carbonyl (C=O) groups excluding carboxylic acids is 1. The maximum absolute atomic E-state index is 12.2. The van der Waals surface area contributed by atoms with Gasteiger partial charge in [-0.2, -0.15) is 0 Å². The van der Waals surface area contributed by atoms with Crippen molar-refractivity contribution in [3.8, 4) is 5.75 Å². The standard InChI is InChI=1S/C18H15NO4/c20-13-9-12-5-1-3-7-15(12)19-16(10-13)14-6-2-4-8-17(14)23-11-18(21)22/h1-8H,9-11H2,(H,21,22). The molecule has 0 aliphatic carbocycles. The van der Waals surface area contributed by atoms with E-state index in [0.29, 0.717) is 23.4 Å². The summed E-state index contributed by atoms with van der Waals surface area (Å²) in [6.45, 7) is -0.436. The van der Waals surface area contributed by atoms with E-state index in [1.165, 1.54) is 0 Å². The molecule has 0 atom stereocenters. The molecule has 1 N–H and O–H groups in total. The molecule has 116 valence electrons. The lowest BCUT2D eigenvalue weighted by Gasteiger charge is -2.11. The van der Waals surface area contributed by atoms with Crippen molar-refractivity contribution in [3.05, 3.63) is 59.7 Å². The number of ketones is 1. The van der Waals surface area contributed by atoms with Crippen LogP contribution in [-0.2, 0) is 16.0 Å². The lowest BCUT2D eigenvalue weighted by molar-refractivity contribution is -0.139. The SMILES string of the molecule is O=C(O)COc1ccccc1C1=Nc2ccccc2CC(=O)C1. The molecule has 0 saturated heterocycles. The van der Waals surface area contributed by atoms with Gasteiger partial charge < -0.3 is 9.84 Å². The summed E-state index contributed by atoms with van der Waals surface area (Å²) >= 11 is 0. The predicted molar refractivity (Wildman–Crippen MR) is 85.5 cm³/mol. The molecular formula is C18H15NO4. The van der Waals surface area contributed by atoms with Gasteiger partial charge in [0.25, 0.3) is 0 Å². The Balaban J connectivity index is 2.02. The zero-order valence-corrected chi connectivity index (χ0v) is 12.4. The molecule has 0 aromatic heterocycles. The summed E-state index contributed by atoms with van der Waals surface area (Å²) in [5, 5.41) is 8.78. The third kappa shape index (κ3) is 3.45. The van der Waals surface area contributed by atoms with Gasteiger partial charge in [-0.1, -0.05) is 30.3 Å². The Morgan fingerprint density at radius 3 is 2.65 bits per heavy atom. The summed E-state index contributed by atoms with van der Waals surface area (Å²) in [5.41, 5.74) is 2.91. The zero-order chi connectivity index (χ0) is 16.2. The first kappa shape index (κ1) is 15.0. The molecule has 0 radical (unpaired) electrons. The zero-order valence-electron chi connectivity index (χ0n) is 12.4. The maximum atomic E-state index is 12.2. The summed E-state index contributed by atoms with van der Waals surface area (Å²) in [6, 6.07) is 14.6. The Hall–Kier alpha value is -2.95. The van der Waals surface area contributed by atoms with Crippen molar-refractivity contribution in [3.63, 3.8) is 0 Å². The van der Waals surface area contributed by atoms with Crippen LogP contribution in [0.2, 0.25) is 0 Å². The molecule has 1 aliphatic rings. The Kier molecular flexibility index (Phi) is 4.19. The smallest absolute Gasteiger partial charge is 0.341 e. The molecule has 1 heterocycles. The average molecular weight is 309 g/mol. The fourth-order valence-corrected chi connectivity index (χ4v) is 2.54. The highest BCUT2D eigenvalue weighted by Gasteiger charge is 2.20. The second-order valence-corrected chi connectivity index (χ2v) is 5.26. The van der Waals surface area contributed by atoms with Gasteiger partial charge in [0.1, 0.15) is 11.5 Å². The van der Waals surface area contributed by atoms with Crippen molar-refractivity contribution in [2.75, 3.05) is 6.61 Å². The van der Waals surface area contributed by atoms with E-state index in [2.05, 4.69) is 4.99 Å². The monoisotopic (exact) mass is 309 g/mol. The quantitative estimate of drug-likeness (QED) is 0.942. The van der Waals surface area contributed by atoms with E-state index < -0.39 is 12.6 Å². The van der Waals surface area contributed by atoms with Crippen LogP contribution in [0.1, 0.15) is 17.5 Å². The molecule has 2 aromatic rings. The molecule has 1 aliphatic heterocycles. The van der Waals surface area contributed by atoms with Crippen LogP contribution in [0.4, 0.5) is 5.69 Å². The van der Waals surface area contributed by atoms with Crippen LogP contribution in [0.3, 0.4) is 0 Å². The second-order valence-electron chi connectivity index (χ2n) is 5.26. The second kappa shape index (κ2) is 6.44. The number of carboxylic acid groups (broad SMARTS) is 1. The Morgan fingerprint density at radius 1 is 1.09 bits per heavy atom. The highest BCUT2D eigenvalue weighted by atomic mass is 16.5. The van der Waals surface area contributed by atoms with Crippen molar-refractivity contribution < 1.29 is 19.4 Å². The van der Waals surface area contributed by atoms with Crippen LogP contribution in [0.5, 0.6) is 5.75 Å². The lowest BCUT2D eigenvalue weighted by Crippen LogP contribution is -2.14. The van der Waals surface area contributed by atoms with Gasteiger partial charge in [0.05, 0.1) is 11.4 Å². The first-order valence-electron chi connectivity index (χ1n) is 7.24. The maximum Gasteiger partial charge on any atom is 0.341 e. The van der Waals surface area contributed by atoms with Crippen molar-refractivity contribution in [2.24, 2.45) is 4.99 Å². The first-order valence-corrected chi connectivity index (χ1v) is 7.24. The minimum absolute atomic E-state index is 0.0711. The third-order valence-corrected chi connectivity index (χ3v) is 3.55. The van der Waals surface area contributed by atoms with Crippen molar-refractivity contribution in [1.29, 1.82) is 0 Å². The fraction of sp³-hybridized carbons (Fsp3) is 0.167. The third-order valence-electron chi connectivity index (χ3n) is 3.55. The minimum Gasteiger partial charge on any atom is -0.481 e. The van der Waals surface area contributed by atoms with E-state index in [-0.39, 0.29) is 12.2 Å². The van der Waals surface area contributed by atoms with Gasteiger partial charge in [0.2, 0.25) is 0 Å². The van der Waals surface area contributed by atoms with Gasteiger partial charge in [-0.25, -0.2) is 4.79 Å². The van der Waals surface area contributed by atoms with Crippen LogP contribution in [0.25, 0.3) is 0 Å². The number of benzene rings is 2. The number of rotatable bonds is 4. The molecule has 0 unspecified atom stereocenters. The molecule has 23 heavy (non-hydrogen) atoms. The predicted octanol–water partition coefficient (Wildman–Crippen LogP) is 2.79. The molecule has 0 spiro atoms. The Bertz CT molecular complexity index is 795. The molecule has 0 saturated carbocycles. The Labute approximate surface area is 133 Å². The number of para-hydroxylation sites is 2. The van der Waals surface area contributed by atoms with Crippen molar-refractivity contribution in [2.45, 2.75) is 12.8 Å². The fourth-order valence-electron chi connectivity index (χ4n) is 2.54. The number of hydrogen-bond acceptors (Lipinski definition) is 4. The van der Waals surface area contributed by atoms with Crippen LogP contribution >= 0.6 is 0 Å². The number of carboxylic acids is 1. The normalized spacial score (nSPS) is 13.7. The van der Waals surface area contributed by atoms with Gasteiger partial charge in [-0.3, -0.25) is 9.79 Å². The van der Waals surface area contributed by atoms with E-state index in [4.69, 9.17) is 9.84 Å². The van der Waals surface area contributed by atoms with Crippen molar-refractivity contribution in [1.82, 2.24) is 0 Å². The topological polar surface area (TPSA) is 76.0 Å². The van der Waals surface area contributed by atoms with Gasteiger partial charge >= 0.3 is 5.97 Å². The van der Waals surface area contributed by atoms with E-state index in [0.717, 1.165) is 11.3 Å². The van der Waals surface area contributed by atoms with Gasteiger partial charge in [0, 0.05) is 18.4 Å². The first-order chi connectivity index (χ1) is 11.1.